The predicted molar refractivity (Wildman–Crippen MR) is 92.9 cm³/mol. The number of rotatable bonds is 6. The van der Waals surface area contributed by atoms with Gasteiger partial charge in [-0.2, -0.15) is 4.31 Å². The molecule has 0 aliphatic carbocycles. The molecule has 26 heavy (non-hydrogen) atoms. The zero-order valence-corrected chi connectivity index (χ0v) is 14.9. The minimum absolute atomic E-state index is 0.178. The molecular weight excluding hydrogens is 362 g/mol. The number of morpholine rings is 1. The summed E-state index contributed by atoms with van der Waals surface area (Å²) in [5, 5.41) is 3.02. The molecule has 0 bridgehead atoms. The third-order valence-corrected chi connectivity index (χ3v) is 6.10. The van der Waals surface area contributed by atoms with Gasteiger partial charge in [0.25, 0.3) is 0 Å². The maximum Gasteiger partial charge on any atom is 0.243 e. The molecular formula is C18H20F2N2O3S. The Kier molecular flexibility index (Phi) is 5.98. The highest BCUT2D eigenvalue weighted by molar-refractivity contribution is 7.89. The van der Waals surface area contributed by atoms with E-state index in [9.17, 15) is 17.2 Å². The summed E-state index contributed by atoms with van der Waals surface area (Å²) >= 11 is 0. The van der Waals surface area contributed by atoms with Crippen LogP contribution in [0.1, 0.15) is 11.1 Å². The van der Waals surface area contributed by atoms with Gasteiger partial charge in [-0.15, -0.1) is 0 Å². The first-order valence-corrected chi connectivity index (χ1v) is 9.72. The van der Waals surface area contributed by atoms with E-state index in [4.69, 9.17) is 4.74 Å². The van der Waals surface area contributed by atoms with Crippen LogP contribution in [0.2, 0.25) is 0 Å². The van der Waals surface area contributed by atoms with Crippen molar-refractivity contribution in [2.24, 2.45) is 0 Å². The minimum Gasteiger partial charge on any atom is -0.379 e. The molecule has 0 amide bonds. The molecule has 0 aromatic heterocycles. The zero-order chi connectivity index (χ0) is 18.6. The smallest absolute Gasteiger partial charge is 0.243 e. The lowest BCUT2D eigenvalue weighted by Gasteiger charge is -2.26. The Bertz CT molecular complexity index is 851. The Balaban J connectivity index is 1.60. The Morgan fingerprint density at radius 1 is 1.00 bits per heavy atom. The van der Waals surface area contributed by atoms with Crippen molar-refractivity contribution in [3.05, 3.63) is 65.2 Å². The maximum absolute atomic E-state index is 13.6. The van der Waals surface area contributed by atoms with Crippen molar-refractivity contribution in [1.82, 2.24) is 9.62 Å². The van der Waals surface area contributed by atoms with E-state index >= 15 is 0 Å². The Hall–Kier alpha value is -1.87. The van der Waals surface area contributed by atoms with Gasteiger partial charge in [0, 0.05) is 31.7 Å². The van der Waals surface area contributed by atoms with Gasteiger partial charge in [-0.3, -0.25) is 0 Å². The van der Waals surface area contributed by atoms with Gasteiger partial charge >= 0.3 is 0 Å². The summed E-state index contributed by atoms with van der Waals surface area (Å²) in [5.74, 6) is -0.952. The van der Waals surface area contributed by atoms with Crippen molar-refractivity contribution in [3.63, 3.8) is 0 Å². The summed E-state index contributed by atoms with van der Waals surface area (Å²) in [6.07, 6.45) is 0. The van der Waals surface area contributed by atoms with Gasteiger partial charge in [-0.1, -0.05) is 12.1 Å². The van der Waals surface area contributed by atoms with Crippen LogP contribution in [0.5, 0.6) is 0 Å². The van der Waals surface area contributed by atoms with Gasteiger partial charge in [0.05, 0.1) is 18.1 Å². The summed E-state index contributed by atoms with van der Waals surface area (Å²) in [4.78, 5) is 0.235. The summed E-state index contributed by atoms with van der Waals surface area (Å²) in [5.41, 5.74) is 1.10. The number of nitrogens with zero attached hydrogens (tertiary/aromatic N) is 1. The van der Waals surface area contributed by atoms with Gasteiger partial charge in [-0.05, 0) is 35.9 Å². The highest BCUT2D eigenvalue weighted by Crippen LogP contribution is 2.18. The Labute approximate surface area is 151 Å². The molecule has 0 saturated carbocycles. The highest BCUT2D eigenvalue weighted by atomic mass is 32.2. The maximum atomic E-state index is 13.6. The van der Waals surface area contributed by atoms with E-state index in [1.165, 1.54) is 4.31 Å². The second kappa shape index (κ2) is 8.22. The Morgan fingerprint density at radius 2 is 1.69 bits per heavy atom. The molecule has 1 saturated heterocycles. The SMILES string of the molecule is O=S(=O)(c1ccc(CNCc2cc(F)ccc2F)cc1)N1CCOCC1. The first-order chi connectivity index (χ1) is 12.5. The molecule has 1 aliphatic heterocycles. The molecule has 1 heterocycles. The lowest BCUT2D eigenvalue weighted by molar-refractivity contribution is 0.0730. The molecule has 8 heteroatoms. The number of hydrogen-bond acceptors (Lipinski definition) is 4. The Morgan fingerprint density at radius 3 is 2.38 bits per heavy atom. The van der Waals surface area contributed by atoms with E-state index in [1.807, 2.05) is 0 Å². The van der Waals surface area contributed by atoms with Crippen LogP contribution in [-0.2, 0) is 27.8 Å². The fourth-order valence-corrected chi connectivity index (χ4v) is 4.14. The predicted octanol–water partition coefficient (Wildman–Crippen LogP) is 2.28. The molecule has 1 aliphatic rings. The van der Waals surface area contributed by atoms with Crippen LogP contribution in [0, 0.1) is 11.6 Å². The number of sulfonamides is 1. The van der Waals surface area contributed by atoms with Crippen LogP contribution in [0.4, 0.5) is 8.78 Å². The van der Waals surface area contributed by atoms with Crippen LogP contribution >= 0.6 is 0 Å². The van der Waals surface area contributed by atoms with Gasteiger partial charge < -0.3 is 10.1 Å². The van der Waals surface area contributed by atoms with Gasteiger partial charge in [0.15, 0.2) is 0 Å². The molecule has 0 atom stereocenters. The second-order valence-electron chi connectivity index (χ2n) is 6.00. The first kappa shape index (κ1) is 18.9. The van der Waals surface area contributed by atoms with Crippen LogP contribution < -0.4 is 5.32 Å². The van der Waals surface area contributed by atoms with Crippen molar-refractivity contribution < 1.29 is 21.9 Å². The van der Waals surface area contributed by atoms with E-state index < -0.39 is 21.7 Å². The van der Waals surface area contributed by atoms with Gasteiger partial charge in [0.2, 0.25) is 10.0 Å². The van der Waals surface area contributed by atoms with Crippen LogP contribution in [0.15, 0.2) is 47.4 Å². The topological polar surface area (TPSA) is 58.6 Å². The highest BCUT2D eigenvalue weighted by Gasteiger charge is 2.25. The number of halogens is 2. The van der Waals surface area contributed by atoms with Crippen LogP contribution in [0.3, 0.4) is 0 Å². The van der Waals surface area contributed by atoms with E-state index in [2.05, 4.69) is 5.32 Å². The molecule has 2 aromatic carbocycles. The van der Waals surface area contributed by atoms with E-state index in [0.717, 1.165) is 23.8 Å². The van der Waals surface area contributed by atoms with Gasteiger partial charge in [0.1, 0.15) is 11.6 Å². The molecule has 0 unspecified atom stereocenters. The standard InChI is InChI=1S/C18H20F2N2O3S/c19-16-3-6-18(20)15(11-16)13-21-12-14-1-4-17(5-2-14)26(23,24)22-7-9-25-10-8-22/h1-6,11,21H,7-10,12-13H2. The molecule has 2 aromatic rings. The summed E-state index contributed by atoms with van der Waals surface area (Å²) < 4.78 is 58.4. The summed E-state index contributed by atoms with van der Waals surface area (Å²) in [6, 6.07) is 9.87. The lowest BCUT2D eigenvalue weighted by atomic mass is 10.2. The molecule has 1 N–H and O–H groups in total. The second-order valence-corrected chi connectivity index (χ2v) is 7.94. The molecule has 0 spiro atoms. The number of ether oxygens (including phenoxy) is 1. The van der Waals surface area contributed by atoms with Crippen molar-refractivity contribution in [1.29, 1.82) is 0 Å². The monoisotopic (exact) mass is 382 g/mol. The van der Waals surface area contributed by atoms with Crippen molar-refractivity contribution in [2.75, 3.05) is 26.3 Å². The van der Waals surface area contributed by atoms with E-state index in [-0.39, 0.29) is 17.0 Å². The normalized spacial score (nSPS) is 15.9. The van der Waals surface area contributed by atoms with E-state index in [0.29, 0.717) is 32.8 Å². The number of hydrogen-bond donors (Lipinski definition) is 1. The minimum atomic E-state index is -3.51. The number of nitrogens with one attached hydrogen (secondary N) is 1. The fourth-order valence-electron chi connectivity index (χ4n) is 2.74. The zero-order valence-electron chi connectivity index (χ0n) is 14.1. The largest absolute Gasteiger partial charge is 0.379 e. The quantitative estimate of drug-likeness (QED) is 0.833. The van der Waals surface area contributed by atoms with Crippen LogP contribution in [-0.4, -0.2) is 39.0 Å². The molecule has 140 valence electrons. The third kappa shape index (κ3) is 4.45. The lowest BCUT2D eigenvalue weighted by Crippen LogP contribution is -2.40. The van der Waals surface area contributed by atoms with E-state index in [1.54, 1.807) is 24.3 Å². The first-order valence-electron chi connectivity index (χ1n) is 8.28. The number of benzene rings is 2. The van der Waals surface area contributed by atoms with Gasteiger partial charge in [-0.25, -0.2) is 17.2 Å². The van der Waals surface area contributed by atoms with Crippen LogP contribution in [0.25, 0.3) is 0 Å². The summed E-state index contributed by atoms with van der Waals surface area (Å²) in [6.45, 7) is 2.09. The summed E-state index contributed by atoms with van der Waals surface area (Å²) in [7, 11) is -3.51. The molecule has 0 radical (unpaired) electrons. The van der Waals surface area contributed by atoms with Crippen molar-refractivity contribution in [3.8, 4) is 0 Å². The molecule has 1 fully saturated rings. The molecule has 3 rings (SSSR count). The third-order valence-electron chi connectivity index (χ3n) is 4.18. The fraction of sp³-hybridized carbons (Fsp3) is 0.333. The van der Waals surface area contributed by atoms with Crippen molar-refractivity contribution >= 4 is 10.0 Å². The van der Waals surface area contributed by atoms with Crippen molar-refractivity contribution in [2.45, 2.75) is 18.0 Å². The molecule has 5 nitrogen and oxygen atoms in total. The average Bonchev–Trinajstić information content (AvgIpc) is 2.66. The average molecular weight is 382 g/mol.